The molecular formula is C21H35N3O2. The Kier molecular flexibility index (Phi) is 6.28. The number of aromatic nitrogens is 1. The minimum Gasteiger partial charge on any atom is -0.377 e. The minimum atomic E-state index is 0.401. The van der Waals surface area contributed by atoms with E-state index in [-0.39, 0.29) is 0 Å². The Labute approximate surface area is 158 Å². The van der Waals surface area contributed by atoms with Gasteiger partial charge in [0.05, 0.1) is 18.3 Å². The molecule has 26 heavy (non-hydrogen) atoms. The fourth-order valence-electron chi connectivity index (χ4n) is 5.13. The summed E-state index contributed by atoms with van der Waals surface area (Å²) >= 11 is 0. The van der Waals surface area contributed by atoms with Crippen molar-refractivity contribution in [2.45, 2.75) is 77.0 Å². The van der Waals surface area contributed by atoms with Crippen molar-refractivity contribution in [3.8, 4) is 0 Å². The normalized spacial score (nSPS) is 26.3. The van der Waals surface area contributed by atoms with Crippen molar-refractivity contribution in [2.24, 2.45) is 5.92 Å². The highest BCUT2D eigenvalue weighted by atomic mass is 16.5. The first-order chi connectivity index (χ1) is 12.8. The topological polar surface area (TPSA) is 41.7 Å². The lowest BCUT2D eigenvalue weighted by atomic mass is 9.94. The molecule has 3 heterocycles. The molecule has 0 unspecified atom stereocenters. The largest absolute Gasteiger partial charge is 0.377 e. The van der Waals surface area contributed by atoms with E-state index in [1.54, 1.807) is 0 Å². The predicted molar refractivity (Wildman–Crippen MR) is 102 cm³/mol. The van der Waals surface area contributed by atoms with Gasteiger partial charge in [-0.1, -0.05) is 18.0 Å². The van der Waals surface area contributed by atoms with Gasteiger partial charge in [-0.3, -0.25) is 4.90 Å². The maximum atomic E-state index is 5.90. The van der Waals surface area contributed by atoms with Crippen LogP contribution < -0.4 is 0 Å². The molecule has 1 saturated carbocycles. The molecule has 4 rings (SSSR count). The first kappa shape index (κ1) is 18.5. The van der Waals surface area contributed by atoms with Crippen LogP contribution in [-0.4, -0.2) is 59.9 Å². The van der Waals surface area contributed by atoms with Crippen LogP contribution in [0.4, 0.5) is 0 Å². The Hall–Kier alpha value is -0.910. The number of hydrogen-bond acceptors (Lipinski definition) is 5. The van der Waals surface area contributed by atoms with Gasteiger partial charge in [0.2, 0.25) is 0 Å². The van der Waals surface area contributed by atoms with E-state index in [4.69, 9.17) is 9.26 Å². The molecule has 2 aliphatic heterocycles. The average molecular weight is 362 g/mol. The summed E-state index contributed by atoms with van der Waals surface area (Å²) in [5, 5.41) is 4.06. The van der Waals surface area contributed by atoms with Crippen molar-refractivity contribution in [1.29, 1.82) is 0 Å². The molecule has 0 radical (unpaired) electrons. The standard InChI is InChI=1S/C21H35N3O2/c1-17-13-21(26-22-17)16-23(15-20-7-4-12-25-20)14-18-8-10-24(11-9-18)19-5-2-3-6-19/h13,18-20H,2-12,14-16H2,1H3/t20-/m1/s1. The summed E-state index contributed by atoms with van der Waals surface area (Å²) in [5.41, 5.74) is 0.974. The summed E-state index contributed by atoms with van der Waals surface area (Å²) in [6.45, 7) is 8.58. The summed E-state index contributed by atoms with van der Waals surface area (Å²) in [7, 11) is 0. The van der Waals surface area contributed by atoms with Gasteiger partial charge < -0.3 is 14.2 Å². The lowest BCUT2D eigenvalue weighted by molar-refractivity contribution is 0.0507. The second-order valence-electron chi connectivity index (χ2n) is 8.68. The van der Waals surface area contributed by atoms with Gasteiger partial charge in [0.25, 0.3) is 0 Å². The molecule has 0 aromatic carbocycles. The number of rotatable bonds is 7. The Morgan fingerprint density at radius 2 is 1.88 bits per heavy atom. The van der Waals surface area contributed by atoms with Crippen molar-refractivity contribution < 1.29 is 9.26 Å². The summed E-state index contributed by atoms with van der Waals surface area (Å²) < 4.78 is 11.4. The molecule has 0 spiro atoms. The fourth-order valence-corrected chi connectivity index (χ4v) is 5.13. The third-order valence-corrected chi connectivity index (χ3v) is 6.55. The molecule has 5 nitrogen and oxygen atoms in total. The summed E-state index contributed by atoms with van der Waals surface area (Å²) in [6.07, 6.45) is 11.2. The van der Waals surface area contributed by atoms with E-state index < -0.39 is 0 Å². The van der Waals surface area contributed by atoms with Crippen molar-refractivity contribution in [2.75, 3.05) is 32.8 Å². The van der Waals surface area contributed by atoms with Gasteiger partial charge in [0.15, 0.2) is 5.76 Å². The van der Waals surface area contributed by atoms with Gasteiger partial charge in [-0.05, 0) is 64.5 Å². The molecule has 3 fully saturated rings. The monoisotopic (exact) mass is 361 g/mol. The number of hydrogen-bond donors (Lipinski definition) is 0. The number of likely N-dealkylation sites (tertiary alicyclic amines) is 1. The average Bonchev–Trinajstić information content (AvgIpc) is 3.39. The van der Waals surface area contributed by atoms with Gasteiger partial charge in [-0.15, -0.1) is 0 Å². The van der Waals surface area contributed by atoms with Gasteiger partial charge in [0, 0.05) is 31.8 Å². The highest BCUT2D eigenvalue weighted by molar-refractivity contribution is 5.03. The molecule has 146 valence electrons. The van der Waals surface area contributed by atoms with Crippen molar-refractivity contribution in [1.82, 2.24) is 15.0 Å². The van der Waals surface area contributed by atoms with Crippen LogP contribution in [0.2, 0.25) is 0 Å². The predicted octanol–water partition coefficient (Wildman–Crippen LogP) is 3.62. The quantitative estimate of drug-likeness (QED) is 0.742. The van der Waals surface area contributed by atoms with Crippen LogP contribution in [0, 0.1) is 12.8 Å². The third kappa shape index (κ3) is 4.87. The third-order valence-electron chi connectivity index (χ3n) is 6.55. The zero-order chi connectivity index (χ0) is 17.8. The fraction of sp³-hybridized carbons (Fsp3) is 0.857. The van der Waals surface area contributed by atoms with Crippen LogP contribution >= 0.6 is 0 Å². The molecule has 1 aromatic rings. The van der Waals surface area contributed by atoms with Gasteiger partial charge in [-0.2, -0.15) is 0 Å². The molecule has 1 aliphatic carbocycles. The zero-order valence-corrected chi connectivity index (χ0v) is 16.4. The molecule has 5 heteroatoms. The highest BCUT2D eigenvalue weighted by Crippen LogP contribution is 2.28. The van der Waals surface area contributed by atoms with E-state index in [1.807, 2.05) is 6.92 Å². The lowest BCUT2D eigenvalue weighted by Gasteiger charge is -2.38. The van der Waals surface area contributed by atoms with Gasteiger partial charge >= 0.3 is 0 Å². The summed E-state index contributed by atoms with van der Waals surface area (Å²) in [4.78, 5) is 5.33. The Balaban J connectivity index is 1.30. The number of ether oxygens (including phenoxy) is 1. The summed E-state index contributed by atoms with van der Waals surface area (Å²) in [5.74, 6) is 1.79. The maximum Gasteiger partial charge on any atom is 0.150 e. The number of aryl methyl sites for hydroxylation is 1. The zero-order valence-electron chi connectivity index (χ0n) is 16.4. The van der Waals surface area contributed by atoms with Crippen LogP contribution in [0.25, 0.3) is 0 Å². The maximum absolute atomic E-state index is 5.90. The number of piperidine rings is 1. The Bertz CT molecular complexity index is 541. The Morgan fingerprint density at radius 1 is 1.08 bits per heavy atom. The second-order valence-corrected chi connectivity index (χ2v) is 8.68. The smallest absolute Gasteiger partial charge is 0.150 e. The number of nitrogens with zero attached hydrogens (tertiary/aromatic N) is 3. The SMILES string of the molecule is Cc1cc(CN(CC2CCN(C3CCCC3)CC2)C[C@H]2CCCO2)on1. The highest BCUT2D eigenvalue weighted by Gasteiger charge is 2.29. The van der Waals surface area contributed by atoms with Crippen molar-refractivity contribution in [3.05, 3.63) is 17.5 Å². The van der Waals surface area contributed by atoms with Crippen LogP contribution in [0.1, 0.15) is 62.8 Å². The second kappa shape index (κ2) is 8.85. The first-order valence-electron chi connectivity index (χ1n) is 10.8. The van der Waals surface area contributed by atoms with Crippen LogP contribution in [-0.2, 0) is 11.3 Å². The van der Waals surface area contributed by atoms with Crippen LogP contribution in [0.15, 0.2) is 10.6 Å². The molecule has 1 atom stereocenters. The Morgan fingerprint density at radius 3 is 2.54 bits per heavy atom. The van der Waals surface area contributed by atoms with Crippen LogP contribution in [0.5, 0.6) is 0 Å². The molecule has 0 bridgehead atoms. The summed E-state index contributed by atoms with van der Waals surface area (Å²) in [6, 6.07) is 2.96. The van der Waals surface area contributed by atoms with E-state index in [9.17, 15) is 0 Å². The first-order valence-corrected chi connectivity index (χ1v) is 10.8. The van der Waals surface area contributed by atoms with E-state index in [1.165, 1.54) is 64.5 Å². The molecule has 3 aliphatic rings. The van der Waals surface area contributed by atoms with Gasteiger partial charge in [-0.25, -0.2) is 0 Å². The van der Waals surface area contributed by atoms with E-state index in [2.05, 4.69) is 21.0 Å². The molecule has 0 N–H and O–H groups in total. The lowest BCUT2D eigenvalue weighted by Crippen LogP contribution is -2.43. The van der Waals surface area contributed by atoms with E-state index in [0.29, 0.717) is 6.10 Å². The van der Waals surface area contributed by atoms with E-state index in [0.717, 1.165) is 49.7 Å². The van der Waals surface area contributed by atoms with Crippen molar-refractivity contribution in [3.63, 3.8) is 0 Å². The minimum absolute atomic E-state index is 0.401. The molecule has 2 saturated heterocycles. The van der Waals surface area contributed by atoms with Crippen molar-refractivity contribution >= 4 is 0 Å². The van der Waals surface area contributed by atoms with E-state index >= 15 is 0 Å². The van der Waals surface area contributed by atoms with Gasteiger partial charge in [0.1, 0.15) is 0 Å². The molecule has 1 aromatic heterocycles. The molecule has 0 amide bonds. The van der Waals surface area contributed by atoms with Crippen LogP contribution in [0.3, 0.4) is 0 Å². The molecular weight excluding hydrogens is 326 g/mol.